The van der Waals surface area contributed by atoms with Crippen LogP contribution in [0.3, 0.4) is 0 Å². The molecule has 0 bridgehead atoms. The zero-order chi connectivity index (χ0) is 8.48. The van der Waals surface area contributed by atoms with Gasteiger partial charge in [-0.2, -0.15) is 13.2 Å². The molecule has 0 aromatic carbocycles. The average molecular weight is 165 g/mol. The molecule has 5 heteroatoms. The Morgan fingerprint density at radius 1 is 1.55 bits per heavy atom. The zero-order valence-electron chi connectivity index (χ0n) is 5.52. The summed E-state index contributed by atoms with van der Waals surface area (Å²) in [5.74, 6) is 0. The summed E-state index contributed by atoms with van der Waals surface area (Å²) in [5, 5.41) is 8.45. The van der Waals surface area contributed by atoms with Crippen molar-refractivity contribution in [2.24, 2.45) is 4.99 Å². The number of hydrogen-bond donors (Lipinski definition) is 1. The Hall–Kier alpha value is -0.840. The van der Waals surface area contributed by atoms with E-state index in [1.807, 2.05) is 0 Å². The van der Waals surface area contributed by atoms with Gasteiger partial charge >= 0.3 is 6.18 Å². The van der Waals surface area contributed by atoms with Gasteiger partial charge in [0, 0.05) is 5.57 Å². The van der Waals surface area contributed by atoms with Crippen molar-refractivity contribution < 1.29 is 18.3 Å². The minimum absolute atomic E-state index is 0.0186. The van der Waals surface area contributed by atoms with E-state index in [-0.39, 0.29) is 12.1 Å². The van der Waals surface area contributed by atoms with E-state index in [1.165, 1.54) is 6.08 Å². The first-order valence-corrected chi connectivity index (χ1v) is 2.97. The molecule has 0 radical (unpaired) electrons. The Bertz CT molecular complexity index is 216. The zero-order valence-corrected chi connectivity index (χ0v) is 5.52. The highest BCUT2D eigenvalue weighted by molar-refractivity contribution is 6.05. The van der Waals surface area contributed by atoms with E-state index in [1.54, 1.807) is 0 Å². The van der Waals surface area contributed by atoms with Crippen molar-refractivity contribution in [3.63, 3.8) is 0 Å². The minimum atomic E-state index is -4.43. The van der Waals surface area contributed by atoms with Crippen molar-refractivity contribution in [2.75, 3.05) is 13.2 Å². The maximum absolute atomic E-state index is 11.9. The average Bonchev–Trinajstić information content (AvgIpc) is 2.31. The van der Waals surface area contributed by atoms with Crippen LogP contribution in [0.1, 0.15) is 0 Å². The molecule has 1 N–H and O–H groups in total. The van der Waals surface area contributed by atoms with Crippen LogP contribution in [-0.4, -0.2) is 30.1 Å². The molecule has 0 aliphatic carbocycles. The lowest BCUT2D eigenvalue weighted by atomic mass is 10.2. The second kappa shape index (κ2) is 2.65. The number of hydrogen-bond acceptors (Lipinski definition) is 2. The Morgan fingerprint density at radius 2 is 2.18 bits per heavy atom. The molecule has 1 aliphatic heterocycles. The summed E-state index contributed by atoms with van der Waals surface area (Å²) in [6, 6.07) is 0. The van der Waals surface area contributed by atoms with E-state index in [0.29, 0.717) is 0 Å². The highest BCUT2D eigenvalue weighted by atomic mass is 19.4. The van der Waals surface area contributed by atoms with Gasteiger partial charge in [-0.1, -0.05) is 6.08 Å². The molecule has 0 saturated carbocycles. The number of alkyl halides is 3. The molecule has 0 saturated heterocycles. The van der Waals surface area contributed by atoms with Crippen molar-refractivity contribution in [3.05, 3.63) is 11.6 Å². The van der Waals surface area contributed by atoms with Gasteiger partial charge in [-0.25, -0.2) is 0 Å². The van der Waals surface area contributed by atoms with Crippen molar-refractivity contribution in [3.8, 4) is 0 Å². The molecule has 62 valence electrons. The van der Waals surface area contributed by atoms with Crippen molar-refractivity contribution >= 4 is 5.71 Å². The van der Waals surface area contributed by atoms with Gasteiger partial charge < -0.3 is 5.11 Å². The third kappa shape index (κ3) is 1.59. The Morgan fingerprint density at radius 3 is 2.55 bits per heavy atom. The summed E-state index contributed by atoms with van der Waals surface area (Å²) in [7, 11) is 0. The lowest BCUT2D eigenvalue weighted by molar-refractivity contribution is -0.0585. The van der Waals surface area contributed by atoms with Crippen LogP contribution < -0.4 is 0 Å². The fourth-order valence-corrected chi connectivity index (χ4v) is 0.856. The van der Waals surface area contributed by atoms with Gasteiger partial charge in [-0.05, 0) is 0 Å². The van der Waals surface area contributed by atoms with Crippen LogP contribution in [0.15, 0.2) is 16.6 Å². The van der Waals surface area contributed by atoms with E-state index >= 15 is 0 Å². The molecular weight excluding hydrogens is 159 g/mol. The van der Waals surface area contributed by atoms with Crippen LogP contribution in [0.4, 0.5) is 13.2 Å². The van der Waals surface area contributed by atoms with E-state index in [0.717, 1.165) is 0 Å². The number of aliphatic imine (C=N–C) groups is 1. The number of nitrogens with zero attached hydrogens (tertiary/aromatic N) is 1. The molecule has 0 amide bonds. The predicted molar refractivity (Wildman–Crippen MR) is 33.5 cm³/mol. The van der Waals surface area contributed by atoms with E-state index in [4.69, 9.17) is 5.11 Å². The first-order valence-electron chi connectivity index (χ1n) is 2.97. The highest BCUT2D eigenvalue weighted by Crippen LogP contribution is 2.24. The molecule has 11 heavy (non-hydrogen) atoms. The van der Waals surface area contributed by atoms with Crippen LogP contribution in [0.2, 0.25) is 0 Å². The molecule has 1 rings (SSSR count). The molecule has 1 heterocycles. The smallest absolute Gasteiger partial charge is 0.392 e. The molecule has 0 atom stereocenters. The number of halogens is 3. The van der Waals surface area contributed by atoms with Gasteiger partial charge in [0.1, 0.15) is 5.71 Å². The topological polar surface area (TPSA) is 32.6 Å². The number of rotatable bonds is 1. The van der Waals surface area contributed by atoms with E-state index < -0.39 is 18.5 Å². The highest BCUT2D eigenvalue weighted by Gasteiger charge is 2.38. The Balaban J connectivity index is 2.83. The fraction of sp³-hybridized carbons (Fsp3) is 0.500. The monoisotopic (exact) mass is 165 g/mol. The van der Waals surface area contributed by atoms with Crippen molar-refractivity contribution in [1.29, 1.82) is 0 Å². The third-order valence-electron chi connectivity index (χ3n) is 1.33. The Kier molecular flexibility index (Phi) is 1.99. The fourth-order valence-electron chi connectivity index (χ4n) is 0.856. The number of aliphatic hydroxyl groups is 1. The maximum Gasteiger partial charge on any atom is 0.433 e. The molecule has 0 aromatic heterocycles. The third-order valence-corrected chi connectivity index (χ3v) is 1.33. The van der Waals surface area contributed by atoms with Crippen LogP contribution in [-0.2, 0) is 0 Å². The summed E-state index contributed by atoms with van der Waals surface area (Å²) in [6.45, 7) is -0.580. The van der Waals surface area contributed by atoms with Crippen LogP contribution >= 0.6 is 0 Å². The van der Waals surface area contributed by atoms with Gasteiger partial charge in [-0.15, -0.1) is 0 Å². The SMILES string of the molecule is OCC1=CCN=C1C(F)(F)F. The number of aliphatic hydroxyl groups excluding tert-OH is 1. The van der Waals surface area contributed by atoms with Crippen molar-refractivity contribution in [1.82, 2.24) is 0 Å². The summed E-state index contributed by atoms with van der Waals surface area (Å²) >= 11 is 0. The van der Waals surface area contributed by atoms with Crippen molar-refractivity contribution in [2.45, 2.75) is 6.18 Å². The van der Waals surface area contributed by atoms with Gasteiger partial charge in [0.2, 0.25) is 0 Å². The summed E-state index contributed by atoms with van der Waals surface area (Å²) in [5.41, 5.74) is -1.07. The standard InChI is InChI=1S/C6H6F3NO/c7-6(8,9)5-4(3-11)1-2-10-5/h1,11H,2-3H2. The summed E-state index contributed by atoms with van der Waals surface area (Å²) in [4.78, 5) is 3.20. The maximum atomic E-state index is 11.9. The van der Waals surface area contributed by atoms with Gasteiger partial charge in [-0.3, -0.25) is 4.99 Å². The molecule has 0 aromatic rings. The van der Waals surface area contributed by atoms with Gasteiger partial charge in [0.25, 0.3) is 0 Å². The molecule has 0 fully saturated rings. The lowest BCUT2D eigenvalue weighted by Gasteiger charge is -2.07. The molecule has 0 spiro atoms. The normalized spacial score (nSPS) is 18.2. The quantitative estimate of drug-likeness (QED) is 0.615. The second-order valence-corrected chi connectivity index (χ2v) is 2.07. The predicted octanol–water partition coefficient (Wildman–Crippen LogP) is 0.922. The van der Waals surface area contributed by atoms with E-state index in [2.05, 4.69) is 4.99 Å². The minimum Gasteiger partial charge on any atom is -0.392 e. The molecule has 2 nitrogen and oxygen atoms in total. The molecule has 1 aliphatic rings. The van der Waals surface area contributed by atoms with Gasteiger partial charge in [0.15, 0.2) is 0 Å². The molecular formula is C6H6F3NO. The van der Waals surface area contributed by atoms with Gasteiger partial charge in [0.05, 0.1) is 13.2 Å². The largest absolute Gasteiger partial charge is 0.433 e. The van der Waals surface area contributed by atoms with Crippen LogP contribution in [0.25, 0.3) is 0 Å². The first kappa shape index (κ1) is 8.26. The summed E-state index contributed by atoms with van der Waals surface area (Å²) < 4.78 is 35.7. The second-order valence-electron chi connectivity index (χ2n) is 2.07. The first-order chi connectivity index (χ1) is 5.05. The van der Waals surface area contributed by atoms with Crippen LogP contribution in [0.5, 0.6) is 0 Å². The summed E-state index contributed by atoms with van der Waals surface area (Å²) in [6.07, 6.45) is -3.16. The van der Waals surface area contributed by atoms with E-state index in [9.17, 15) is 13.2 Å². The molecule has 0 unspecified atom stereocenters. The van der Waals surface area contributed by atoms with Crippen LogP contribution in [0, 0.1) is 0 Å². The Labute approximate surface area is 61.1 Å². The lowest BCUT2D eigenvalue weighted by Crippen LogP contribution is -2.24.